The van der Waals surface area contributed by atoms with Crippen LogP contribution in [0.25, 0.3) is 11.2 Å². The van der Waals surface area contributed by atoms with Crippen LogP contribution in [0.1, 0.15) is 35.0 Å². The minimum Gasteiger partial charge on any atom is -0.476 e. The molecule has 0 spiro atoms. The molecule has 4 N–H and O–H groups in total. The molecule has 2 aromatic heterocycles. The number of carbonyl (C=O) groups is 2. The van der Waals surface area contributed by atoms with Crippen LogP contribution in [0.3, 0.4) is 0 Å². The molecule has 0 saturated heterocycles. The Hall–Kier alpha value is -2.29. The number of imidazole rings is 1. The SMILES string of the molecule is CC.O=C(O)c1nc(C(=O)O)c2[nH]c(=S)[nH]c2n1. The zero-order valence-electron chi connectivity index (χ0n) is 9.51. The molecule has 0 unspecified atom stereocenters. The number of nitrogens with one attached hydrogen (secondary N) is 2. The Bertz CT molecular complexity index is 660. The van der Waals surface area contributed by atoms with Crippen LogP contribution >= 0.6 is 12.2 Å². The molecule has 18 heavy (non-hydrogen) atoms. The number of H-pyrrole nitrogens is 2. The molecular formula is C9H10N4O4S. The van der Waals surface area contributed by atoms with Gasteiger partial charge in [-0.25, -0.2) is 19.6 Å². The molecule has 2 aromatic rings. The lowest BCUT2D eigenvalue weighted by Crippen LogP contribution is -2.10. The van der Waals surface area contributed by atoms with E-state index in [4.69, 9.17) is 22.4 Å². The van der Waals surface area contributed by atoms with Crippen LogP contribution in [0.4, 0.5) is 0 Å². The molecule has 2 heterocycles. The van der Waals surface area contributed by atoms with Gasteiger partial charge in [-0.2, -0.15) is 0 Å². The summed E-state index contributed by atoms with van der Waals surface area (Å²) in [4.78, 5) is 33.6. The lowest BCUT2D eigenvalue weighted by Gasteiger charge is -1.97. The van der Waals surface area contributed by atoms with Gasteiger partial charge in [0.2, 0.25) is 5.82 Å². The van der Waals surface area contributed by atoms with Crippen LogP contribution < -0.4 is 0 Å². The molecular weight excluding hydrogens is 260 g/mol. The Morgan fingerprint density at radius 3 is 2.22 bits per heavy atom. The van der Waals surface area contributed by atoms with Crippen molar-refractivity contribution in [2.24, 2.45) is 0 Å². The van der Waals surface area contributed by atoms with Crippen molar-refractivity contribution in [3.05, 3.63) is 16.3 Å². The summed E-state index contributed by atoms with van der Waals surface area (Å²) >= 11 is 4.75. The Kier molecular flexibility index (Phi) is 4.10. The number of aromatic nitrogens is 4. The number of hydrogen-bond donors (Lipinski definition) is 4. The highest BCUT2D eigenvalue weighted by molar-refractivity contribution is 7.71. The molecule has 0 saturated carbocycles. The third-order valence-electron chi connectivity index (χ3n) is 1.77. The van der Waals surface area contributed by atoms with Gasteiger partial charge in [-0.15, -0.1) is 0 Å². The molecule has 0 fully saturated rings. The van der Waals surface area contributed by atoms with Crippen molar-refractivity contribution < 1.29 is 19.8 Å². The first kappa shape index (κ1) is 13.8. The van der Waals surface area contributed by atoms with Crippen molar-refractivity contribution in [2.75, 3.05) is 0 Å². The zero-order valence-corrected chi connectivity index (χ0v) is 10.3. The minimum atomic E-state index is -1.41. The van der Waals surface area contributed by atoms with Crippen LogP contribution in [-0.2, 0) is 0 Å². The van der Waals surface area contributed by atoms with E-state index in [2.05, 4.69) is 19.9 Å². The van der Waals surface area contributed by atoms with Gasteiger partial charge in [0.25, 0.3) is 0 Å². The van der Waals surface area contributed by atoms with Crippen molar-refractivity contribution >= 4 is 35.3 Å². The van der Waals surface area contributed by atoms with Crippen LogP contribution in [0.5, 0.6) is 0 Å². The van der Waals surface area contributed by atoms with Gasteiger partial charge < -0.3 is 20.2 Å². The maximum absolute atomic E-state index is 10.8. The van der Waals surface area contributed by atoms with E-state index < -0.39 is 23.5 Å². The number of hydrogen-bond acceptors (Lipinski definition) is 5. The van der Waals surface area contributed by atoms with Crippen molar-refractivity contribution in [1.82, 2.24) is 19.9 Å². The van der Waals surface area contributed by atoms with Gasteiger partial charge in [-0.05, 0) is 12.2 Å². The number of rotatable bonds is 2. The van der Waals surface area contributed by atoms with Crippen LogP contribution in [0.2, 0.25) is 0 Å². The van der Waals surface area contributed by atoms with E-state index >= 15 is 0 Å². The molecule has 9 heteroatoms. The molecule has 0 amide bonds. The summed E-state index contributed by atoms with van der Waals surface area (Å²) in [5.74, 6) is -3.37. The molecule has 0 radical (unpaired) electrons. The van der Waals surface area contributed by atoms with E-state index in [1.165, 1.54) is 0 Å². The Balaban J connectivity index is 0.000000771. The zero-order chi connectivity index (χ0) is 13.9. The molecule has 0 bridgehead atoms. The van der Waals surface area contributed by atoms with E-state index in [1.807, 2.05) is 13.8 Å². The third kappa shape index (κ3) is 2.51. The largest absolute Gasteiger partial charge is 0.476 e. The topological polar surface area (TPSA) is 132 Å². The third-order valence-corrected chi connectivity index (χ3v) is 1.98. The van der Waals surface area contributed by atoms with E-state index in [1.54, 1.807) is 0 Å². The normalized spacial score (nSPS) is 9.67. The van der Waals surface area contributed by atoms with Gasteiger partial charge in [0.15, 0.2) is 16.1 Å². The summed E-state index contributed by atoms with van der Waals surface area (Å²) in [6.07, 6.45) is 0. The van der Waals surface area contributed by atoms with Gasteiger partial charge in [-0.1, -0.05) is 13.8 Å². The minimum absolute atomic E-state index is 0.0507. The van der Waals surface area contributed by atoms with Gasteiger partial charge in [0.05, 0.1) is 0 Å². The van der Waals surface area contributed by atoms with Crippen LogP contribution in [0, 0.1) is 4.77 Å². The highest BCUT2D eigenvalue weighted by atomic mass is 32.1. The summed E-state index contributed by atoms with van der Waals surface area (Å²) in [5, 5.41) is 17.5. The van der Waals surface area contributed by atoms with Gasteiger partial charge in [0, 0.05) is 0 Å². The number of aromatic amines is 2. The Labute approximate surface area is 106 Å². The fraction of sp³-hybridized carbons (Fsp3) is 0.222. The Morgan fingerprint density at radius 1 is 1.11 bits per heavy atom. The molecule has 2 rings (SSSR count). The molecule has 0 aliphatic carbocycles. The monoisotopic (exact) mass is 270 g/mol. The van der Waals surface area contributed by atoms with E-state index in [0.717, 1.165) is 0 Å². The fourth-order valence-electron chi connectivity index (χ4n) is 1.17. The fourth-order valence-corrected chi connectivity index (χ4v) is 1.37. The Morgan fingerprint density at radius 2 is 1.72 bits per heavy atom. The highest BCUT2D eigenvalue weighted by Crippen LogP contribution is 2.12. The summed E-state index contributed by atoms with van der Waals surface area (Å²) in [7, 11) is 0. The smallest absolute Gasteiger partial charge is 0.374 e. The average Bonchev–Trinajstić information content (AvgIpc) is 2.69. The number of carboxylic acid groups (broad SMARTS) is 2. The van der Waals surface area contributed by atoms with Crippen molar-refractivity contribution in [3.8, 4) is 0 Å². The highest BCUT2D eigenvalue weighted by Gasteiger charge is 2.18. The molecule has 0 aliphatic rings. The van der Waals surface area contributed by atoms with Crippen LogP contribution in [-0.4, -0.2) is 42.1 Å². The number of fused-ring (bicyclic) bond motifs is 1. The summed E-state index contributed by atoms with van der Waals surface area (Å²) in [5.41, 5.74) is -0.313. The van der Waals surface area contributed by atoms with Crippen molar-refractivity contribution in [3.63, 3.8) is 0 Å². The average molecular weight is 270 g/mol. The van der Waals surface area contributed by atoms with E-state index in [0.29, 0.717) is 0 Å². The van der Waals surface area contributed by atoms with Crippen molar-refractivity contribution in [2.45, 2.75) is 13.8 Å². The lowest BCUT2D eigenvalue weighted by molar-refractivity contribution is 0.0681. The van der Waals surface area contributed by atoms with Gasteiger partial charge in [0.1, 0.15) is 5.52 Å². The second kappa shape index (κ2) is 5.36. The number of aromatic carboxylic acids is 2. The van der Waals surface area contributed by atoms with Crippen LogP contribution in [0.15, 0.2) is 0 Å². The lowest BCUT2D eigenvalue weighted by atomic mass is 10.3. The first-order chi connectivity index (χ1) is 8.49. The molecule has 0 atom stereocenters. The quantitative estimate of drug-likeness (QED) is 0.607. The molecule has 0 aromatic carbocycles. The van der Waals surface area contributed by atoms with E-state index in [9.17, 15) is 9.59 Å². The molecule has 96 valence electrons. The first-order valence-corrected chi connectivity index (χ1v) is 5.36. The standard InChI is InChI=1S/C7H4N4O4S.C2H6/c12-5(13)2-1-3(11-7(16)9-1)10-4(8-2)6(14)15;1-2/h(H,12,13)(H,14,15)(H2,8,9,10,11,16);1-2H3. The predicted octanol–water partition coefficient (Wildman–Crippen LogP) is 1.44. The van der Waals surface area contributed by atoms with Crippen molar-refractivity contribution in [1.29, 1.82) is 0 Å². The maximum Gasteiger partial charge on any atom is 0.374 e. The summed E-state index contributed by atoms with van der Waals surface area (Å²) in [6.45, 7) is 4.00. The number of nitrogens with zero attached hydrogens (tertiary/aromatic N) is 2. The molecule has 0 aliphatic heterocycles. The van der Waals surface area contributed by atoms with E-state index in [-0.39, 0.29) is 15.9 Å². The summed E-state index contributed by atoms with van der Waals surface area (Å²) in [6, 6.07) is 0. The molecule has 8 nitrogen and oxygen atoms in total. The van der Waals surface area contributed by atoms with Gasteiger partial charge in [-0.3, -0.25) is 0 Å². The summed E-state index contributed by atoms with van der Waals surface area (Å²) < 4.78 is 0.148. The first-order valence-electron chi connectivity index (χ1n) is 4.95. The second-order valence-corrected chi connectivity index (χ2v) is 3.22. The number of carboxylic acids is 2. The maximum atomic E-state index is 10.8. The second-order valence-electron chi connectivity index (χ2n) is 2.81. The predicted molar refractivity (Wildman–Crippen MR) is 64.3 cm³/mol. The van der Waals surface area contributed by atoms with Gasteiger partial charge >= 0.3 is 11.9 Å².